The van der Waals surface area contributed by atoms with E-state index in [0.717, 1.165) is 6.42 Å². The molecule has 2 amide bonds. The van der Waals surface area contributed by atoms with Gasteiger partial charge in [-0.25, -0.2) is 13.2 Å². The molecule has 120 valence electrons. The fourth-order valence-corrected chi connectivity index (χ4v) is 4.47. The van der Waals surface area contributed by atoms with Crippen LogP contribution in [0.5, 0.6) is 0 Å². The van der Waals surface area contributed by atoms with Gasteiger partial charge in [0.1, 0.15) is 0 Å². The Morgan fingerprint density at radius 1 is 1.33 bits per heavy atom. The standard InChI is InChI=1S/C13H22N2O5S/c1-2-20-13(17)15-6-3-4-10(8-15)12(16)14-11-5-7-21(18,19)9-11/h10-11H,2-9H2,1H3,(H,14,16)/t10-,11+/m1/s1. The van der Waals surface area contributed by atoms with Gasteiger partial charge in [0.25, 0.3) is 0 Å². The predicted octanol–water partition coefficient (Wildman–Crippen LogP) is 0.158. The molecule has 0 saturated carbocycles. The lowest BCUT2D eigenvalue weighted by Crippen LogP contribution is -2.48. The SMILES string of the molecule is CCOC(=O)N1CCC[C@@H](C(=O)N[C@H]2CCS(=O)(=O)C2)C1. The molecule has 0 aromatic heterocycles. The van der Waals surface area contributed by atoms with Gasteiger partial charge in [0.15, 0.2) is 9.84 Å². The molecule has 2 aliphatic heterocycles. The van der Waals surface area contributed by atoms with Crippen molar-refractivity contribution in [3.8, 4) is 0 Å². The molecular weight excluding hydrogens is 296 g/mol. The number of amides is 2. The molecule has 1 N–H and O–H groups in total. The Balaban J connectivity index is 1.86. The quantitative estimate of drug-likeness (QED) is 0.800. The van der Waals surface area contributed by atoms with Crippen LogP contribution in [0.25, 0.3) is 0 Å². The van der Waals surface area contributed by atoms with E-state index in [1.54, 1.807) is 11.8 Å². The van der Waals surface area contributed by atoms with Gasteiger partial charge in [-0.3, -0.25) is 4.79 Å². The zero-order valence-electron chi connectivity index (χ0n) is 12.2. The number of hydrogen-bond acceptors (Lipinski definition) is 5. The minimum atomic E-state index is -3.00. The molecule has 7 nitrogen and oxygen atoms in total. The normalized spacial score (nSPS) is 28.1. The average molecular weight is 318 g/mol. The van der Waals surface area contributed by atoms with Crippen LogP contribution < -0.4 is 5.32 Å². The van der Waals surface area contributed by atoms with Gasteiger partial charge >= 0.3 is 6.09 Å². The number of hydrogen-bond donors (Lipinski definition) is 1. The van der Waals surface area contributed by atoms with E-state index in [-0.39, 0.29) is 29.4 Å². The number of nitrogens with one attached hydrogen (secondary N) is 1. The number of ether oxygens (including phenoxy) is 1. The van der Waals surface area contributed by atoms with Crippen molar-refractivity contribution >= 4 is 21.8 Å². The smallest absolute Gasteiger partial charge is 0.409 e. The maximum Gasteiger partial charge on any atom is 0.409 e. The van der Waals surface area contributed by atoms with E-state index in [0.29, 0.717) is 32.5 Å². The Kier molecular flexibility index (Phi) is 5.08. The summed E-state index contributed by atoms with van der Waals surface area (Å²) in [6.07, 6.45) is 1.54. The second-order valence-electron chi connectivity index (χ2n) is 5.59. The predicted molar refractivity (Wildman–Crippen MR) is 76.5 cm³/mol. The molecular formula is C13H22N2O5S. The van der Waals surface area contributed by atoms with Crippen molar-refractivity contribution < 1.29 is 22.7 Å². The van der Waals surface area contributed by atoms with E-state index in [2.05, 4.69) is 5.32 Å². The van der Waals surface area contributed by atoms with Crippen molar-refractivity contribution in [3.05, 3.63) is 0 Å². The number of sulfone groups is 1. The van der Waals surface area contributed by atoms with Crippen LogP contribution in [0.1, 0.15) is 26.2 Å². The summed E-state index contributed by atoms with van der Waals surface area (Å²) in [6.45, 7) is 2.99. The minimum absolute atomic E-state index is 0.0209. The van der Waals surface area contributed by atoms with Crippen molar-refractivity contribution in [2.24, 2.45) is 5.92 Å². The molecule has 0 unspecified atom stereocenters. The van der Waals surface area contributed by atoms with Gasteiger partial charge in [0.2, 0.25) is 5.91 Å². The number of carbonyl (C=O) groups excluding carboxylic acids is 2. The topological polar surface area (TPSA) is 92.8 Å². The fraction of sp³-hybridized carbons (Fsp3) is 0.846. The largest absolute Gasteiger partial charge is 0.450 e. The molecule has 2 fully saturated rings. The number of carbonyl (C=O) groups is 2. The lowest BCUT2D eigenvalue weighted by atomic mass is 9.97. The molecule has 21 heavy (non-hydrogen) atoms. The van der Waals surface area contributed by atoms with E-state index in [1.165, 1.54) is 0 Å². The number of likely N-dealkylation sites (tertiary alicyclic amines) is 1. The van der Waals surface area contributed by atoms with Crippen molar-refractivity contribution in [1.82, 2.24) is 10.2 Å². The summed E-state index contributed by atoms with van der Waals surface area (Å²) < 4.78 is 27.7. The fourth-order valence-electron chi connectivity index (χ4n) is 2.80. The van der Waals surface area contributed by atoms with Crippen molar-refractivity contribution in [2.45, 2.75) is 32.2 Å². The maximum atomic E-state index is 12.2. The number of rotatable bonds is 3. The van der Waals surface area contributed by atoms with E-state index < -0.39 is 15.9 Å². The molecule has 0 aromatic carbocycles. The summed E-state index contributed by atoms with van der Waals surface area (Å²) in [6, 6.07) is -0.291. The minimum Gasteiger partial charge on any atom is -0.450 e. The summed E-state index contributed by atoms with van der Waals surface area (Å²) in [7, 11) is -3.00. The molecule has 2 atom stereocenters. The third-order valence-corrected chi connectivity index (χ3v) is 5.66. The van der Waals surface area contributed by atoms with Crippen molar-refractivity contribution in [1.29, 1.82) is 0 Å². The van der Waals surface area contributed by atoms with Crippen LogP contribution in [0, 0.1) is 5.92 Å². The first-order chi connectivity index (χ1) is 9.91. The zero-order valence-corrected chi connectivity index (χ0v) is 13.0. The van der Waals surface area contributed by atoms with Crippen LogP contribution in [0.2, 0.25) is 0 Å². The molecule has 0 spiro atoms. The van der Waals surface area contributed by atoms with E-state index >= 15 is 0 Å². The first-order valence-electron chi connectivity index (χ1n) is 7.34. The van der Waals surface area contributed by atoms with Crippen LogP contribution in [0.3, 0.4) is 0 Å². The van der Waals surface area contributed by atoms with Crippen LogP contribution in [0.4, 0.5) is 4.79 Å². The van der Waals surface area contributed by atoms with Crippen LogP contribution in [-0.2, 0) is 19.4 Å². The third-order valence-electron chi connectivity index (χ3n) is 3.90. The summed E-state index contributed by atoms with van der Waals surface area (Å²) in [5.74, 6) is -0.289. The van der Waals surface area contributed by atoms with Crippen molar-refractivity contribution in [3.63, 3.8) is 0 Å². The second kappa shape index (κ2) is 6.64. The van der Waals surface area contributed by atoms with Gasteiger partial charge in [-0.2, -0.15) is 0 Å². The molecule has 0 aliphatic carbocycles. The Morgan fingerprint density at radius 2 is 2.10 bits per heavy atom. The molecule has 8 heteroatoms. The molecule has 0 aromatic rings. The van der Waals surface area contributed by atoms with Crippen LogP contribution >= 0.6 is 0 Å². The summed E-state index contributed by atoms with van der Waals surface area (Å²) in [5, 5.41) is 2.80. The van der Waals surface area contributed by atoms with Gasteiger partial charge < -0.3 is 15.0 Å². The summed E-state index contributed by atoms with van der Waals surface area (Å²) in [5.41, 5.74) is 0. The lowest BCUT2D eigenvalue weighted by Gasteiger charge is -2.31. The average Bonchev–Trinajstić information content (AvgIpc) is 2.78. The van der Waals surface area contributed by atoms with Gasteiger partial charge in [0, 0.05) is 19.1 Å². The number of piperidine rings is 1. The molecule has 0 bridgehead atoms. The molecule has 2 heterocycles. The highest BCUT2D eigenvalue weighted by Crippen LogP contribution is 2.19. The zero-order chi connectivity index (χ0) is 15.5. The first-order valence-corrected chi connectivity index (χ1v) is 9.16. The van der Waals surface area contributed by atoms with E-state index in [9.17, 15) is 18.0 Å². The second-order valence-corrected chi connectivity index (χ2v) is 7.82. The molecule has 0 radical (unpaired) electrons. The summed E-state index contributed by atoms with van der Waals surface area (Å²) >= 11 is 0. The van der Waals surface area contributed by atoms with Crippen molar-refractivity contribution in [2.75, 3.05) is 31.2 Å². The molecule has 2 rings (SSSR count). The molecule has 2 aliphatic rings. The van der Waals surface area contributed by atoms with Crippen LogP contribution in [-0.4, -0.2) is 62.6 Å². The highest BCUT2D eigenvalue weighted by molar-refractivity contribution is 7.91. The summed E-state index contributed by atoms with van der Waals surface area (Å²) in [4.78, 5) is 25.4. The highest BCUT2D eigenvalue weighted by Gasteiger charge is 2.33. The van der Waals surface area contributed by atoms with Gasteiger partial charge in [0.05, 0.1) is 24.0 Å². The van der Waals surface area contributed by atoms with Gasteiger partial charge in [-0.1, -0.05) is 0 Å². The monoisotopic (exact) mass is 318 g/mol. The maximum absolute atomic E-state index is 12.2. The Labute approximate surface area is 124 Å². The Bertz CT molecular complexity index is 505. The Morgan fingerprint density at radius 3 is 2.71 bits per heavy atom. The number of nitrogens with zero attached hydrogens (tertiary/aromatic N) is 1. The molecule has 2 saturated heterocycles. The van der Waals surface area contributed by atoms with E-state index in [1.807, 2.05) is 0 Å². The van der Waals surface area contributed by atoms with Crippen LogP contribution in [0.15, 0.2) is 0 Å². The van der Waals surface area contributed by atoms with Gasteiger partial charge in [-0.05, 0) is 26.2 Å². The first kappa shape index (κ1) is 16.1. The van der Waals surface area contributed by atoms with E-state index in [4.69, 9.17) is 4.74 Å². The third kappa shape index (κ3) is 4.33. The lowest BCUT2D eigenvalue weighted by molar-refractivity contribution is -0.127. The highest BCUT2D eigenvalue weighted by atomic mass is 32.2. The van der Waals surface area contributed by atoms with Gasteiger partial charge in [-0.15, -0.1) is 0 Å². The Hall–Kier alpha value is -1.31.